The number of carbonyl (C=O) groups excluding carboxylic acids is 1. The van der Waals surface area contributed by atoms with Crippen molar-refractivity contribution in [1.82, 2.24) is 8.68 Å². The number of nitrogens with one attached hydrogen (secondary N) is 1. The van der Waals surface area contributed by atoms with Crippen molar-refractivity contribution in [3.8, 4) is 5.75 Å². The summed E-state index contributed by atoms with van der Waals surface area (Å²) < 4.78 is 51.1. The highest BCUT2D eigenvalue weighted by Gasteiger charge is 2.34. The van der Waals surface area contributed by atoms with Crippen molar-refractivity contribution in [3.63, 3.8) is 0 Å². The Balaban J connectivity index is 1.43. The van der Waals surface area contributed by atoms with E-state index < -0.39 is 15.8 Å². The summed E-state index contributed by atoms with van der Waals surface area (Å²) in [7, 11) is -2.58. The number of rotatable bonds is 5. The molecule has 3 aromatic rings. The van der Waals surface area contributed by atoms with Crippen LogP contribution < -0.4 is 10.1 Å². The predicted octanol–water partition coefficient (Wildman–Crippen LogP) is 3.48. The molecular formula is C20H20FN3O4S2. The van der Waals surface area contributed by atoms with Crippen molar-refractivity contribution in [2.75, 3.05) is 25.5 Å². The van der Waals surface area contributed by atoms with Gasteiger partial charge in [-0.2, -0.15) is 8.68 Å². The standard InChI is InChI=1S/C20H20FN3O4S2/c1-28-17-4-2-15(21)11-19(17)30(26,27)24-8-6-13(7-9-24)20(25)23-16-3-5-18-14(10-16)12-22-29-18/h2-5,10-13H,6-9H2,1H3,(H,23,25). The molecule has 0 unspecified atom stereocenters. The van der Waals surface area contributed by atoms with Crippen molar-refractivity contribution < 1.29 is 22.3 Å². The zero-order valence-electron chi connectivity index (χ0n) is 16.2. The Labute approximate surface area is 177 Å². The van der Waals surface area contributed by atoms with E-state index in [1.54, 1.807) is 6.20 Å². The van der Waals surface area contributed by atoms with Gasteiger partial charge in [0.25, 0.3) is 0 Å². The summed E-state index contributed by atoms with van der Waals surface area (Å²) in [6.45, 7) is 0.348. The molecule has 0 aliphatic carbocycles. The molecular weight excluding hydrogens is 429 g/mol. The van der Waals surface area contributed by atoms with Crippen molar-refractivity contribution in [2.24, 2.45) is 5.92 Å². The van der Waals surface area contributed by atoms with Crippen LogP contribution in [-0.2, 0) is 14.8 Å². The molecule has 30 heavy (non-hydrogen) atoms. The van der Waals surface area contributed by atoms with E-state index in [4.69, 9.17) is 4.74 Å². The molecule has 0 atom stereocenters. The fourth-order valence-electron chi connectivity index (χ4n) is 3.54. The average molecular weight is 450 g/mol. The first kappa shape index (κ1) is 20.7. The molecule has 1 N–H and O–H groups in total. The van der Waals surface area contributed by atoms with Crippen LogP contribution in [0.25, 0.3) is 10.1 Å². The van der Waals surface area contributed by atoms with Gasteiger partial charge in [-0.15, -0.1) is 0 Å². The number of hydrogen-bond acceptors (Lipinski definition) is 6. The van der Waals surface area contributed by atoms with Gasteiger partial charge < -0.3 is 10.1 Å². The van der Waals surface area contributed by atoms with E-state index in [9.17, 15) is 17.6 Å². The monoisotopic (exact) mass is 449 g/mol. The van der Waals surface area contributed by atoms with E-state index >= 15 is 0 Å². The molecule has 0 saturated carbocycles. The van der Waals surface area contributed by atoms with E-state index in [0.717, 1.165) is 22.2 Å². The van der Waals surface area contributed by atoms with Gasteiger partial charge >= 0.3 is 0 Å². The minimum atomic E-state index is -3.92. The van der Waals surface area contributed by atoms with Crippen LogP contribution >= 0.6 is 11.5 Å². The second-order valence-corrected chi connectivity index (χ2v) is 9.78. The largest absolute Gasteiger partial charge is 0.495 e. The zero-order chi connectivity index (χ0) is 21.3. The molecule has 4 rings (SSSR count). The third kappa shape index (κ3) is 4.03. The summed E-state index contributed by atoms with van der Waals surface area (Å²) in [5.74, 6) is -1.00. The summed E-state index contributed by atoms with van der Waals surface area (Å²) in [5.41, 5.74) is 0.687. The van der Waals surface area contributed by atoms with E-state index in [-0.39, 0.29) is 35.6 Å². The number of amides is 1. The number of methoxy groups -OCH3 is 1. The van der Waals surface area contributed by atoms with Crippen molar-refractivity contribution in [3.05, 3.63) is 48.4 Å². The number of benzene rings is 2. The number of piperidine rings is 1. The lowest BCUT2D eigenvalue weighted by molar-refractivity contribution is -0.120. The summed E-state index contributed by atoms with van der Waals surface area (Å²) in [6, 6.07) is 9.01. The molecule has 1 saturated heterocycles. The molecule has 0 spiro atoms. The number of halogens is 1. The van der Waals surface area contributed by atoms with E-state index in [1.165, 1.54) is 29.0 Å². The van der Waals surface area contributed by atoms with E-state index in [1.807, 2.05) is 18.2 Å². The highest BCUT2D eigenvalue weighted by molar-refractivity contribution is 7.89. The Hall–Kier alpha value is -2.56. The molecule has 0 bridgehead atoms. The maximum absolute atomic E-state index is 13.6. The Morgan fingerprint density at radius 3 is 2.73 bits per heavy atom. The lowest BCUT2D eigenvalue weighted by Crippen LogP contribution is -2.41. The van der Waals surface area contributed by atoms with Gasteiger partial charge in [-0.05, 0) is 60.8 Å². The molecule has 1 aliphatic rings. The first-order valence-corrected chi connectivity index (χ1v) is 11.6. The summed E-state index contributed by atoms with van der Waals surface area (Å²) in [4.78, 5) is 12.4. The van der Waals surface area contributed by atoms with Gasteiger partial charge in [-0.25, -0.2) is 12.8 Å². The molecule has 1 fully saturated rings. The van der Waals surface area contributed by atoms with Crippen LogP contribution in [0.5, 0.6) is 5.75 Å². The molecule has 1 amide bonds. The molecule has 10 heteroatoms. The molecule has 2 aromatic carbocycles. The van der Waals surface area contributed by atoms with Gasteiger partial charge in [-0.3, -0.25) is 4.79 Å². The zero-order valence-corrected chi connectivity index (χ0v) is 17.8. The third-order valence-electron chi connectivity index (χ3n) is 5.19. The Morgan fingerprint density at radius 1 is 1.23 bits per heavy atom. The SMILES string of the molecule is COc1ccc(F)cc1S(=O)(=O)N1CCC(C(=O)Nc2ccc3sncc3c2)CC1. The lowest BCUT2D eigenvalue weighted by Gasteiger charge is -2.30. The molecule has 1 aromatic heterocycles. The van der Waals surface area contributed by atoms with Crippen molar-refractivity contribution in [1.29, 1.82) is 0 Å². The van der Waals surface area contributed by atoms with Crippen molar-refractivity contribution >= 4 is 43.2 Å². The van der Waals surface area contributed by atoms with Gasteiger partial charge in [0.1, 0.15) is 16.5 Å². The number of fused-ring (bicyclic) bond motifs is 1. The van der Waals surface area contributed by atoms with Crippen LogP contribution in [-0.4, -0.2) is 43.2 Å². The fourth-order valence-corrected chi connectivity index (χ4v) is 5.81. The maximum Gasteiger partial charge on any atom is 0.246 e. The number of sulfonamides is 1. The van der Waals surface area contributed by atoms with Gasteiger partial charge in [0.05, 0.1) is 11.8 Å². The van der Waals surface area contributed by atoms with Gasteiger partial charge in [0, 0.05) is 36.3 Å². The Kier molecular flexibility index (Phi) is 5.72. The summed E-state index contributed by atoms with van der Waals surface area (Å²) >= 11 is 1.39. The van der Waals surface area contributed by atoms with Crippen LogP contribution in [0.3, 0.4) is 0 Å². The number of anilines is 1. The quantitative estimate of drug-likeness (QED) is 0.644. The number of hydrogen-bond donors (Lipinski definition) is 1. The Morgan fingerprint density at radius 2 is 2.00 bits per heavy atom. The van der Waals surface area contributed by atoms with E-state index in [2.05, 4.69) is 9.69 Å². The topological polar surface area (TPSA) is 88.6 Å². The van der Waals surface area contributed by atoms with Crippen LogP contribution in [0.15, 0.2) is 47.5 Å². The molecule has 158 valence electrons. The van der Waals surface area contributed by atoms with E-state index in [0.29, 0.717) is 18.5 Å². The minimum absolute atomic E-state index is 0.0922. The first-order valence-electron chi connectivity index (χ1n) is 9.37. The van der Waals surface area contributed by atoms with Gasteiger partial charge in [0.2, 0.25) is 15.9 Å². The van der Waals surface area contributed by atoms with Crippen LogP contribution in [0.1, 0.15) is 12.8 Å². The summed E-state index contributed by atoms with van der Waals surface area (Å²) in [5, 5.41) is 3.87. The van der Waals surface area contributed by atoms with Crippen LogP contribution in [0, 0.1) is 11.7 Å². The summed E-state index contributed by atoms with van der Waals surface area (Å²) in [6.07, 6.45) is 2.51. The molecule has 2 heterocycles. The predicted molar refractivity (Wildman–Crippen MR) is 113 cm³/mol. The number of nitrogens with zero attached hydrogens (tertiary/aromatic N) is 2. The second kappa shape index (κ2) is 8.29. The molecule has 0 radical (unpaired) electrons. The smallest absolute Gasteiger partial charge is 0.246 e. The molecule has 7 nitrogen and oxygen atoms in total. The van der Waals surface area contributed by atoms with Gasteiger partial charge in [-0.1, -0.05) is 0 Å². The minimum Gasteiger partial charge on any atom is -0.495 e. The third-order valence-corrected chi connectivity index (χ3v) is 7.89. The maximum atomic E-state index is 13.6. The number of aromatic nitrogens is 1. The average Bonchev–Trinajstić information content (AvgIpc) is 3.21. The fraction of sp³-hybridized carbons (Fsp3) is 0.300. The van der Waals surface area contributed by atoms with Crippen LogP contribution in [0.4, 0.5) is 10.1 Å². The number of ether oxygens (including phenoxy) is 1. The van der Waals surface area contributed by atoms with Crippen molar-refractivity contribution in [2.45, 2.75) is 17.7 Å². The van der Waals surface area contributed by atoms with Crippen LogP contribution in [0.2, 0.25) is 0 Å². The first-order chi connectivity index (χ1) is 14.4. The second-order valence-electron chi connectivity index (χ2n) is 7.04. The highest BCUT2D eigenvalue weighted by Crippen LogP contribution is 2.31. The highest BCUT2D eigenvalue weighted by atomic mass is 32.2. The Bertz CT molecular complexity index is 1190. The number of carbonyl (C=O) groups is 1. The lowest BCUT2D eigenvalue weighted by atomic mass is 9.97. The molecule has 1 aliphatic heterocycles. The van der Waals surface area contributed by atoms with Gasteiger partial charge in [0.15, 0.2) is 0 Å². The normalized spacial score (nSPS) is 15.9.